The van der Waals surface area contributed by atoms with Gasteiger partial charge < -0.3 is 0 Å². The highest BCUT2D eigenvalue weighted by Gasteiger charge is 2.26. The predicted octanol–water partition coefficient (Wildman–Crippen LogP) is 1.99. The highest BCUT2D eigenvalue weighted by atomic mass is 32.2. The largest absolute Gasteiger partial charge is 0.267 e. The second-order valence-electron chi connectivity index (χ2n) is 2.72. The van der Waals surface area contributed by atoms with Crippen LogP contribution in [0.15, 0.2) is 0 Å². The van der Waals surface area contributed by atoms with Crippen LogP contribution in [0.25, 0.3) is 0 Å². The van der Waals surface area contributed by atoms with Gasteiger partial charge in [0.1, 0.15) is 6.17 Å². The van der Waals surface area contributed by atoms with Crippen molar-refractivity contribution in [3.8, 4) is 0 Å². The zero-order valence-corrected chi connectivity index (χ0v) is 7.09. The van der Waals surface area contributed by atoms with Gasteiger partial charge in [0, 0.05) is 11.7 Å². The van der Waals surface area contributed by atoms with E-state index in [-0.39, 0.29) is 0 Å². The molecule has 0 aromatic carbocycles. The molecular formula is C7H14FNS. The topological polar surface area (TPSA) is 12.0 Å². The number of hydrogen-bond donors (Lipinski definition) is 1. The molecule has 3 heteroatoms. The molecule has 0 heterocycles. The highest BCUT2D eigenvalue weighted by Crippen LogP contribution is 2.30. The second-order valence-corrected chi connectivity index (χ2v) is 3.75. The van der Waals surface area contributed by atoms with E-state index in [0.29, 0.717) is 5.92 Å². The molecule has 1 nitrogen and oxygen atoms in total. The van der Waals surface area contributed by atoms with Crippen LogP contribution in [0.5, 0.6) is 0 Å². The fourth-order valence-electron chi connectivity index (χ4n) is 1.37. The minimum atomic E-state index is -0.527. The molecule has 0 radical (unpaired) electrons. The molecule has 2 unspecified atom stereocenters. The molecule has 1 fully saturated rings. The van der Waals surface area contributed by atoms with Gasteiger partial charge in [0.05, 0.1) is 0 Å². The van der Waals surface area contributed by atoms with Crippen LogP contribution in [0.4, 0.5) is 4.39 Å². The zero-order valence-electron chi connectivity index (χ0n) is 6.27. The average molecular weight is 163 g/mol. The fraction of sp³-hybridized carbons (Fsp3) is 1.00. The quantitative estimate of drug-likeness (QED) is 0.639. The molecule has 1 N–H and O–H groups in total. The van der Waals surface area contributed by atoms with E-state index in [1.807, 2.05) is 7.05 Å². The van der Waals surface area contributed by atoms with Crippen molar-refractivity contribution in [3.05, 3.63) is 0 Å². The van der Waals surface area contributed by atoms with E-state index in [1.54, 1.807) is 11.9 Å². The van der Waals surface area contributed by atoms with Crippen LogP contribution in [0, 0.1) is 5.92 Å². The number of rotatable bonds is 3. The van der Waals surface area contributed by atoms with Crippen molar-refractivity contribution >= 4 is 11.9 Å². The van der Waals surface area contributed by atoms with Crippen molar-refractivity contribution in [2.75, 3.05) is 12.8 Å². The maximum Gasteiger partial charge on any atom is 0.104 e. The molecule has 2 atom stereocenters. The molecule has 10 heavy (non-hydrogen) atoms. The van der Waals surface area contributed by atoms with E-state index in [2.05, 4.69) is 4.72 Å². The van der Waals surface area contributed by atoms with Gasteiger partial charge in [-0.25, -0.2) is 4.39 Å². The Morgan fingerprint density at radius 3 is 2.90 bits per heavy atom. The summed E-state index contributed by atoms with van der Waals surface area (Å²) >= 11 is 1.62. The summed E-state index contributed by atoms with van der Waals surface area (Å²) in [5, 5.41) is 0. The van der Waals surface area contributed by atoms with Gasteiger partial charge in [0.15, 0.2) is 0 Å². The maximum atomic E-state index is 12.9. The second kappa shape index (κ2) is 4.19. The SMILES string of the molecule is CNSCC1CCCC1F. The summed E-state index contributed by atoms with van der Waals surface area (Å²) in [6, 6.07) is 0. The molecule has 60 valence electrons. The van der Waals surface area contributed by atoms with Crippen molar-refractivity contribution < 1.29 is 4.39 Å². The summed E-state index contributed by atoms with van der Waals surface area (Å²) in [6.45, 7) is 0. The van der Waals surface area contributed by atoms with Crippen molar-refractivity contribution in [1.29, 1.82) is 0 Å². The van der Waals surface area contributed by atoms with E-state index >= 15 is 0 Å². The van der Waals surface area contributed by atoms with Gasteiger partial charge in [-0.3, -0.25) is 4.72 Å². The minimum absolute atomic E-state index is 0.317. The molecule has 0 bridgehead atoms. The van der Waals surface area contributed by atoms with Gasteiger partial charge in [0.25, 0.3) is 0 Å². The minimum Gasteiger partial charge on any atom is -0.267 e. The fourth-order valence-corrected chi connectivity index (χ4v) is 2.13. The molecule has 1 aliphatic carbocycles. The van der Waals surface area contributed by atoms with E-state index in [4.69, 9.17) is 0 Å². The summed E-state index contributed by atoms with van der Waals surface area (Å²) in [5.74, 6) is 1.25. The van der Waals surface area contributed by atoms with Crippen molar-refractivity contribution in [2.24, 2.45) is 5.92 Å². The van der Waals surface area contributed by atoms with E-state index in [0.717, 1.165) is 25.0 Å². The normalized spacial score (nSPS) is 33.0. The summed E-state index contributed by atoms with van der Waals surface area (Å²) < 4.78 is 15.8. The Morgan fingerprint density at radius 2 is 2.40 bits per heavy atom. The Balaban J connectivity index is 2.14. The van der Waals surface area contributed by atoms with Crippen LogP contribution in [0.2, 0.25) is 0 Å². The summed E-state index contributed by atoms with van der Waals surface area (Å²) in [4.78, 5) is 0. The van der Waals surface area contributed by atoms with Crippen LogP contribution < -0.4 is 4.72 Å². The van der Waals surface area contributed by atoms with E-state index < -0.39 is 6.17 Å². The molecule has 0 aliphatic heterocycles. The first-order valence-electron chi connectivity index (χ1n) is 3.77. The lowest BCUT2D eigenvalue weighted by Crippen LogP contribution is -2.12. The molecule has 0 saturated heterocycles. The number of hydrogen-bond acceptors (Lipinski definition) is 2. The first-order chi connectivity index (χ1) is 4.84. The van der Waals surface area contributed by atoms with Crippen LogP contribution in [0.1, 0.15) is 19.3 Å². The van der Waals surface area contributed by atoms with Crippen LogP contribution in [0.3, 0.4) is 0 Å². The third kappa shape index (κ3) is 2.13. The van der Waals surface area contributed by atoms with Gasteiger partial charge in [0.2, 0.25) is 0 Å². The summed E-state index contributed by atoms with van der Waals surface area (Å²) in [6.07, 6.45) is 2.42. The number of halogens is 1. The lowest BCUT2D eigenvalue weighted by atomic mass is 10.1. The van der Waals surface area contributed by atoms with E-state index in [1.165, 1.54) is 0 Å². The lowest BCUT2D eigenvalue weighted by molar-refractivity contribution is 0.281. The van der Waals surface area contributed by atoms with Crippen molar-refractivity contribution in [1.82, 2.24) is 4.72 Å². The van der Waals surface area contributed by atoms with Gasteiger partial charge in [-0.2, -0.15) is 0 Å². The summed E-state index contributed by atoms with van der Waals surface area (Å²) in [5.41, 5.74) is 0. The third-order valence-corrected chi connectivity index (χ3v) is 2.89. The first-order valence-corrected chi connectivity index (χ1v) is 4.75. The van der Waals surface area contributed by atoms with Gasteiger partial charge in [-0.15, -0.1) is 0 Å². The maximum absolute atomic E-state index is 12.9. The molecule has 1 rings (SSSR count). The zero-order chi connectivity index (χ0) is 7.40. The number of alkyl halides is 1. The lowest BCUT2D eigenvalue weighted by Gasteiger charge is -2.10. The highest BCUT2D eigenvalue weighted by molar-refractivity contribution is 7.97. The van der Waals surface area contributed by atoms with Gasteiger partial charge in [-0.1, -0.05) is 18.4 Å². The molecule has 0 amide bonds. The first kappa shape index (κ1) is 8.34. The Labute approximate surface area is 65.9 Å². The number of nitrogens with one attached hydrogen (secondary N) is 1. The van der Waals surface area contributed by atoms with E-state index in [9.17, 15) is 4.39 Å². The molecule has 1 saturated carbocycles. The average Bonchev–Trinajstić information content (AvgIpc) is 2.31. The Kier molecular flexibility index (Phi) is 3.49. The van der Waals surface area contributed by atoms with Crippen molar-refractivity contribution in [3.63, 3.8) is 0 Å². The Hall–Kier alpha value is 0.240. The van der Waals surface area contributed by atoms with Crippen molar-refractivity contribution in [2.45, 2.75) is 25.4 Å². The van der Waals surface area contributed by atoms with Gasteiger partial charge in [-0.05, 0) is 19.9 Å². The molecule has 1 aliphatic rings. The third-order valence-electron chi connectivity index (χ3n) is 2.01. The molecule has 0 spiro atoms. The molecule has 0 aromatic heterocycles. The Bertz CT molecular complexity index is 99.6. The predicted molar refractivity (Wildman–Crippen MR) is 43.8 cm³/mol. The van der Waals surface area contributed by atoms with Crippen LogP contribution in [-0.4, -0.2) is 19.0 Å². The molecule has 0 aromatic rings. The van der Waals surface area contributed by atoms with Gasteiger partial charge >= 0.3 is 0 Å². The Morgan fingerprint density at radius 1 is 1.60 bits per heavy atom. The monoisotopic (exact) mass is 163 g/mol. The smallest absolute Gasteiger partial charge is 0.104 e. The molecular weight excluding hydrogens is 149 g/mol. The standard InChI is InChI=1S/C7H14FNS/c1-9-10-5-6-3-2-4-7(6)8/h6-7,9H,2-5H2,1H3. The summed E-state index contributed by atoms with van der Waals surface area (Å²) in [7, 11) is 1.88. The van der Waals surface area contributed by atoms with Crippen LogP contribution >= 0.6 is 11.9 Å². The van der Waals surface area contributed by atoms with Crippen LogP contribution in [-0.2, 0) is 0 Å².